The maximum Gasteiger partial charge on any atom is 0.573 e. The van der Waals surface area contributed by atoms with Gasteiger partial charge in [0.25, 0.3) is 0 Å². The molecular formula is C24H14F8O2. The Kier molecular flexibility index (Phi) is 7.29. The molecule has 10 heteroatoms. The predicted octanol–water partition coefficient (Wildman–Crippen LogP) is 8.10. The van der Waals surface area contributed by atoms with E-state index >= 15 is 0 Å². The van der Waals surface area contributed by atoms with Crippen LogP contribution in [0.2, 0.25) is 0 Å². The number of rotatable bonds is 7. The summed E-state index contributed by atoms with van der Waals surface area (Å²) in [5, 5.41) is 0. The van der Waals surface area contributed by atoms with Crippen LogP contribution in [0.5, 0.6) is 5.75 Å². The lowest BCUT2D eigenvalue weighted by Crippen LogP contribution is -2.19. The van der Waals surface area contributed by atoms with Gasteiger partial charge in [0.1, 0.15) is 12.4 Å². The molecule has 3 aromatic rings. The molecule has 0 aliphatic heterocycles. The third-order valence-electron chi connectivity index (χ3n) is 4.47. The molecule has 34 heavy (non-hydrogen) atoms. The summed E-state index contributed by atoms with van der Waals surface area (Å²) in [5.41, 5.74) is 0.0357. The lowest BCUT2D eigenvalue weighted by molar-refractivity contribution is -0.276. The van der Waals surface area contributed by atoms with Crippen LogP contribution >= 0.6 is 0 Å². The SMILES string of the molecule is C=CCOC(F)=C(F)c1ccc(-c2ccc(-c3cc(F)c(OC(F)(F)F)c(F)c3)cc2)c(F)c1. The Labute approximate surface area is 188 Å². The molecule has 0 amide bonds. The average molecular weight is 486 g/mol. The number of hydrogen-bond donors (Lipinski definition) is 0. The van der Waals surface area contributed by atoms with Gasteiger partial charge in [-0.15, -0.1) is 13.2 Å². The fraction of sp³-hybridized carbons (Fsp3) is 0.0833. The van der Waals surface area contributed by atoms with Gasteiger partial charge in [0, 0.05) is 11.1 Å². The molecule has 0 atom stereocenters. The number of hydrogen-bond acceptors (Lipinski definition) is 2. The zero-order valence-corrected chi connectivity index (χ0v) is 17.0. The zero-order valence-electron chi connectivity index (χ0n) is 17.0. The van der Waals surface area contributed by atoms with E-state index in [1.54, 1.807) is 0 Å². The van der Waals surface area contributed by atoms with Gasteiger partial charge in [-0.3, -0.25) is 0 Å². The van der Waals surface area contributed by atoms with Gasteiger partial charge in [-0.25, -0.2) is 13.2 Å². The summed E-state index contributed by atoms with van der Waals surface area (Å²) in [7, 11) is 0. The third-order valence-corrected chi connectivity index (χ3v) is 4.47. The zero-order chi connectivity index (χ0) is 25.0. The fourth-order valence-corrected chi connectivity index (χ4v) is 2.98. The van der Waals surface area contributed by atoms with Gasteiger partial charge in [-0.2, -0.15) is 8.78 Å². The van der Waals surface area contributed by atoms with Crippen molar-refractivity contribution < 1.29 is 44.6 Å². The maximum atomic E-state index is 14.5. The second-order valence-corrected chi connectivity index (χ2v) is 6.78. The Bertz CT molecular complexity index is 1210. The summed E-state index contributed by atoms with van der Waals surface area (Å²) in [6.07, 6.45) is -4.07. The summed E-state index contributed by atoms with van der Waals surface area (Å²) < 4.78 is 115. The molecule has 0 bridgehead atoms. The molecule has 0 unspecified atom stereocenters. The van der Waals surface area contributed by atoms with Crippen LogP contribution in [0.15, 0.2) is 73.3 Å². The van der Waals surface area contributed by atoms with Gasteiger partial charge in [-0.05, 0) is 34.9 Å². The van der Waals surface area contributed by atoms with Crippen molar-refractivity contribution in [1.82, 2.24) is 0 Å². The Morgan fingerprint density at radius 1 is 0.794 bits per heavy atom. The van der Waals surface area contributed by atoms with Crippen molar-refractivity contribution >= 4 is 5.83 Å². The molecular weight excluding hydrogens is 472 g/mol. The maximum absolute atomic E-state index is 14.5. The molecule has 0 saturated carbocycles. The van der Waals surface area contributed by atoms with Crippen LogP contribution in [0.25, 0.3) is 28.1 Å². The summed E-state index contributed by atoms with van der Waals surface area (Å²) in [6, 6.07) is 8.34. The first-order valence-electron chi connectivity index (χ1n) is 9.44. The number of halogens is 8. The van der Waals surface area contributed by atoms with E-state index in [0.717, 1.165) is 12.1 Å². The van der Waals surface area contributed by atoms with E-state index < -0.39 is 47.0 Å². The Morgan fingerprint density at radius 3 is 1.91 bits per heavy atom. The Balaban J connectivity index is 1.87. The van der Waals surface area contributed by atoms with Crippen LogP contribution in [-0.4, -0.2) is 13.0 Å². The topological polar surface area (TPSA) is 18.5 Å². The average Bonchev–Trinajstić information content (AvgIpc) is 2.78. The van der Waals surface area contributed by atoms with Crippen LogP contribution in [0.1, 0.15) is 5.56 Å². The van der Waals surface area contributed by atoms with Gasteiger partial charge < -0.3 is 9.47 Å². The first-order chi connectivity index (χ1) is 16.0. The van der Waals surface area contributed by atoms with Gasteiger partial charge in [-0.1, -0.05) is 49.1 Å². The third kappa shape index (κ3) is 5.75. The normalized spacial score (nSPS) is 12.2. The van der Waals surface area contributed by atoms with Crippen LogP contribution in [0.4, 0.5) is 35.1 Å². The molecule has 178 valence electrons. The van der Waals surface area contributed by atoms with E-state index in [1.165, 1.54) is 36.4 Å². The molecule has 0 aliphatic rings. The highest BCUT2D eigenvalue weighted by Crippen LogP contribution is 2.34. The first kappa shape index (κ1) is 24.8. The lowest BCUT2D eigenvalue weighted by Gasteiger charge is -2.12. The van der Waals surface area contributed by atoms with Gasteiger partial charge in [0.2, 0.25) is 11.6 Å². The van der Waals surface area contributed by atoms with Crippen molar-refractivity contribution in [3.05, 3.63) is 96.3 Å². The standard InChI is InChI=1S/C24H14F8O2/c1-2-9-33-23(29)21(28)15-7-8-17(18(25)10-15)14-5-3-13(4-6-14)16-11-19(26)22(20(27)12-16)34-24(30,31)32/h2-8,10-12H,1,9H2. The highest BCUT2D eigenvalue weighted by Gasteiger charge is 2.34. The largest absolute Gasteiger partial charge is 0.573 e. The van der Waals surface area contributed by atoms with Crippen molar-refractivity contribution in [2.75, 3.05) is 6.61 Å². The second kappa shape index (κ2) is 9.98. The van der Waals surface area contributed by atoms with E-state index in [9.17, 15) is 35.1 Å². The minimum absolute atomic E-state index is 0.0156. The second-order valence-electron chi connectivity index (χ2n) is 6.78. The number of ether oxygens (including phenoxy) is 2. The van der Waals surface area contributed by atoms with Gasteiger partial charge in [0.05, 0.1) is 0 Å². The summed E-state index contributed by atoms with van der Waals surface area (Å²) in [5.74, 6) is -6.98. The van der Waals surface area contributed by atoms with Crippen molar-refractivity contribution in [3.63, 3.8) is 0 Å². The van der Waals surface area contributed by atoms with E-state index in [-0.39, 0.29) is 23.3 Å². The first-order valence-corrected chi connectivity index (χ1v) is 9.44. The van der Waals surface area contributed by atoms with Gasteiger partial charge in [0.15, 0.2) is 11.6 Å². The van der Waals surface area contributed by atoms with Crippen molar-refractivity contribution in [1.29, 1.82) is 0 Å². The minimum Gasteiger partial charge on any atom is -0.464 e. The summed E-state index contributed by atoms with van der Waals surface area (Å²) in [4.78, 5) is 0. The molecule has 0 radical (unpaired) electrons. The van der Waals surface area contributed by atoms with Gasteiger partial charge >= 0.3 is 12.4 Å². The van der Waals surface area contributed by atoms with E-state index in [0.29, 0.717) is 17.7 Å². The highest BCUT2D eigenvalue weighted by atomic mass is 19.4. The molecule has 0 heterocycles. The van der Waals surface area contributed by atoms with E-state index in [1.807, 2.05) is 0 Å². The molecule has 0 saturated heterocycles. The van der Waals surface area contributed by atoms with Crippen LogP contribution in [0, 0.1) is 17.5 Å². The van der Waals surface area contributed by atoms with Crippen LogP contribution in [0.3, 0.4) is 0 Å². The van der Waals surface area contributed by atoms with E-state index in [4.69, 9.17) is 0 Å². The minimum atomic E-state index is -5.27. The Hall–Kier alpha value is -3.82. The number of benzene rings is 3. The molecule has 3 rings (SSSR count). The van der Waals surface area contributed by atoms with Crippen LogP contribution in [-0.2, 0) is 4.74 Å². The summed E-state index contributed by atoms with van der Waals surface area (Å²) in [6.45, 7) is 3.01. The molecule has 0 fully saturated rings. The molecule has 2 nitrogen and oxygen atoms in total. The predicted molar refractivity (Wildman–Crippen MR) is 109 cm³/mol. The molecule has 0 aromatic heterocycles. The highest BCUT2D eigenvalue weighted by molar-refractivity contribution is 5.73. The van der Waals surface area contributed by atoms with Crippen molar-refractivity contribution in [2.45, 2.75) is 6.36 Å². The monoisotopic (exact) mass is 486 g/mol. The molecule has 0 aliphatic carbocycles. The molecule has 0 spiro atoms. The molecule has 0 N–H and O–H groups in total. The smallest absolute Gasteiger partial charge is 0.464 e. The lowest BCUT2D eigenvalue weighted by atomic mass is 9.98. The number of alkyl halides is 3. The fourth-order valence-electron chi connectivity index (χ4n) is 2.98. The summed E-state index contributed by atoms with van der Waals surface area (Å²) >= 11 is 0. The van der Waals surface area contributed by atoms with Crippen molar-refractivity contribution in [3.8, 4) is 28.0 Å². The van der Waals surface area contributed by atoms with Crippen molar-refractivity contribution in [2.24, 2.45) is 0 Å². The molecule has 3 aromatic carbocycles. The van der Waals surface area contributed by atoms with Crippen LogP contribution < -0.4 is 4.74 Å². The van der Waals surface area contributed by atoms with E-state index in [2.05, 4.69) is 16.1 Å². The Morgan fingerprint density at radius 2 is 1.38 bits per heavy atom. The quantitative estimate of drug-likeness (QED) is 0.191.